The molecule has 4 rings (SSSR count). The van der Waals surface area contributed by atoms with Crippen molar-refractivity contribution in [1.29, 1.82) is 0 Å². The maximum absolute atomic E-state index is 12.6. The van der Waals surface area contributed by atoms with Crippen LogP contribution in [0.4, 0.5) is 4.79 Å². The lowest BCUT2D eigenvalue weighted by atomic mass is 10.1. The predicted molar refractivity (Wildman–Crippen MR) is 108 cm³/mol. The molecule has 2 aromatic carbocycles. The average molecular weight is 393 g/mol. The monoisotopic (exact) mass is 393 g/mol. The molecule has 1 aliphatic heterocycles. The highest BCUT2D eigenvalue weighted by Gasteiger charge is 2.31. The molecule has 1 aliphatic rings. The van der Waals surface area contributed by atoms with Crippen LogP contribution >= 0.6 is 11.8 Å². The Labute approximate surface area is 166 Å². The highest BCUT2D eigenvalue weighted by molar-refractivity contribution is 8.00. The minimum absolute atomic E-state index is 0.249. The van der Waals surface area contributed by atoms with Crippen molar-refractivity contribution in [3.8, 4) is 22.6 Å². The fourth-order valence-corrected chi connectivity index (χ4v) is 3.84. The van der Waals surface area contributed by atoms with E-state index in [1.54, 1.807) is 6.92 Å². The van der Waals surface area contributed by atoms with Gasteiger partial charge in [-0.15, -0.1) is 0 Å². The minimum Gasteiger partial charge on any atom is -0.431 e. The molecule has 2 heterocycles. The van der Waals surface area contributed by atoms with Crippen molar-refractivity contribution in [3.05, 3.63) is 60.7 Å². The molecule has 0 radical (unpaired) electrons. The molecular formula is C21H19N3O3S. The van der Waals surface area contributed by atoms with E-state index in [4.69, 9.17) is 4.42 Å². The van der Waals surface area contributed by atoms with Crippen LogP contribution in [-0.2, 0) is 4.79 Å². The largest absolute Gasteiger partial charge is 0.431 e. The Kier molecular flexibility index (Phi) is 5.16. The number of benzene rings is 2. The third kappa shape index (κ3) is 3.66. The number of hydrogen-bond donors (Lipinski definition) is 1. The molecule has 1 N–H and O–H groups in total. The molecule has 28 heavy (non-hydrogen) atoms. The van der Waals surface area contributed by atoms with Crippen LogP contribution in [0.1, 0.15) is 6.92 Å². The molecule has 0 saturated carbocycles. The number of hydrogen-bond acceptors (Lipinski definition) is 5. The second kappa shape index (κ2) is 7.90. The van der Waals surface area contributed by atoms with Crippen LogP contribution in [0.15, 0.2) is 70.3 Å². The van der Waals surface area contributed by atoms with Crippen LogP contribution in [0.2, 0.25) is 0 Å². The average Bonchev–Trinajstić information content (AvgIpc) is 3.35. The molecule has 0 spiro atoms. The molecule has 3 aromatic rings. The topological polar surface area (TPSA) is 75.4 Å². The number of carbonyl (C=O) groups excluding carboxylic acids is 2. The van der Waals surface area contributed by atoms with Crippen molar-refractivity contribution >= 4 is 23.7 Å². The summed E-state index contributed by atoms with van der Waals surface area (Å²) in [6.07, 6.45) is 0. The zero-order valence-corrected chi connectivity index (χ0v) is 16.1. The van der Waals surface area contributed by atoms with Gasteiger partial charge in [0, 0.05) is 24.2 Å². The zero-order valence-electron chi connectivity index (χ0n) is 15.3. The molecule has 0 aliphatic carbocycles. The van der Waals surface area contributed by atoms with E-state index in [2.05, 4.69) is 10.3 Å². The standard InChI is InChI=1S/C21H19N3O3S/c1-14(19(25)24-13-12-22-20(24)26)28-21-23-17(15-8-4-2-5-9-15)18(27-21)16-10-6-3-7-11-16/h2-11,14H,12-13H2,1H3,(H,22,26)/t14-/m1/s1. The summed E-state index contributed by atoms with van der Waals surface area (Å²) in [4.78, 5) is 30.2. The molecule has 1 saturated heterocycles. The molecule has 142 valence electrons. The molecule has 1 fully saturated rings. The summed E-state index contributed by atoms with van der Waals surface area (Å²) >= 11 is 1.22. The van der Waals surface area contributed by atoms with E-state index in [9.17, 15) is 9.59 Å². The number of amides is 3. The van der Waals surface area contributed by atoms with Crippen molar-refractivity contribution < 1.29 is 14.0 Å². The van der Waals surface area contributed by atoms with Crippen LogP contribution in [-0.4, -0.2) is 40.2 Å². The summed E-state index contributed by atoms with van der Waals surface area (Å²) in [7, 11) is 0. The fourth-order valence-electron chi connectivity index (χ4n) is 3.03. The van der Waals surface area contributed by atoms with Crippen LogP contribution < -0.4 is 5.32 Å². The van der Waals surface area contributed by atoms with Gasteiger partial charge in [-0.3, -0.25) is 9.69 Å². The first-order valence-electron chi connectivity index (χ1n) is 9.01. The lowest BCUT2D eigenvalue weighted by molar-refractivity contribution is -0.126. The van der Waals surface area contributed by atoms with E-state index in [1.165, 1.54) is 16.7 Å². The maximum atomic E-state index is 12.6. The molecule has 1 atom stereocenters. The number of thioether (sulfide) groups is 1. The normalized spacial score (nSPS) is 14.8. The molecule has 1 aromatic heterocycles. The molecule has 3 amide bonds. The van der Waals surface area contributed by atoms with E-state index < -0.39 is 5.25 Å². The number of aromatic nitrogens is 1. The van der Waals surface area contributed by atoms with Crippen LogP contribution in [0.5, 0.6) is 0 Å². The molecule has 0 unspecified atom stereocenters. The van der Waals surface area contributed by atoms with Gasteiger partial charge in [-0.1, -0.05) is 72.4 Å². The summed E-state index contributed by atoms with van der Waals surface area (Å²) in [6, 6.07) is 19.2. The van der Waals surface area contributed by atoms with E-state index >= 15 is 0 Å². The van der Waals surface area contributed by atoms with Gasteiger partial charge in [0.25, 0.3) is 5.22 Å². The van der Waals surface area contributed by atoms with Crippen LogP contribution in [0.3, 0.4) is 0 Å². The van der Waals surface area contributed by atoms with Crippen molar-refractivity contribution in [1.82, 2.24) is 15.2 Å². The van der Waals surface area contributed by atoms with Crippen LogP contribution in [0, 0.1) is 0 Å². The van der Waals surface area contributed by atoms with E-state index in [0.29, 0.717) is 24.1 Å². The Bertz CT molecular complexity index is 932. The summed E-state index contributed by atoms with van der Waals surface area (Å²) in [5.41, 5.74) is 2.58. The number of nitrogens with zero attached hydrogens (tertiary/aromatic N) is 2. The zero-order chi connectivity index (χ0) is 19.5. The van der Waals surface area contributed by atoms with Gasteiger partial charge in [0.15, 0.2) is 5.76 Å². The highest BCUT2D eigenvalue weighted by atomic mass is 32.2. The first kappa shape index (κ1) is 18.3. The van der Waals surface area contributed by atoms with Gasteiger partial charge in [-0.25, -0.2) is 9.78 Å². The summed E-state index contributed by atoms with van der Waals surface area (Å²) in [5.74, 6) is 0.411. The van der Waals surface area contributed by atoms with Gasteiger partial charge in [-0.2, -0.15) is 0 Å². The molecular weight excluding hydrogens is 374 g/mol. The summed E-state index contributed by atoms with van der Waals surface area (Å²) in [5, 5.41) is 2.55. The SMILES string of the molecule is C[C@@H](Sc1nc(-c2ccccc2)c(-c2ccccc2)o1)C(=O)N1CCNC1=O. The van der Waals surface area contributed by atoms with Crippen LogP contribution in [0.25, 0.3) is 22.6 Å². The van der Waals surface area contributed by atoms with Crippen molar-refractivity contribution in [2.75, 3.05) is 13.1 Å². The second-order valence-corrected chi connectivity index (χ2v) is 7.66. The Hall–Kier alpha value is -3.06. The van der Waals surface area contributed by atoms with Gasteiger partial charge < -0.3 is 9.73 Å². The highest BCUT2D eigenvalue weighted by Crippen LogP contribution is 2.36. The summed E-state index contributed by atoms with van der Waals surface area (Å²) < 4.78 is 6.05. The minimum atomic E-state index is -0.491. The van der Waals surface area contributed by atoms with Gasteiger partial charge in [0.05, 0.1) is 5.25 Å². The third-order valence-corrected chi connectivity index (χ3v) is 5.37. The van der Waals surface area contributed by atoms with Gasteiger partial charge >= 0.3 is 6.03 Å². The summed E-state index contributed by atoms with van der Waals surface area (Å²) in [6.45, 7) is 2.63. The van der Waals surface area contributed by atoms with Gasteiger partial charge in [0.1, 0.15) is 5.69 Å². The van der Waals surface area contributed by atoms with Gasteiger partial charge in [-0.05, 0) is 6.92 Å². The van der Waals surface area contributed by atoms with E-state index in [-0.39, 0.29) is 11.9 Å². The number of nitrogens with one attached hydrogen (secondary N) is 1. The molecule has 6 nitrogen and oxygen atoms in total. The van der Waals surface area contributed by atoms with Crippen molar-refractivity contribution in [2.45, 2.75) is 17.4 Å². The molecule has 7 heteroatoms. The Morgan fingerprint density at radius 3 is 2.36 bits per heavy atom. The first-order chi connectivity index (χ1) is 13.6. The van der Waals surface area contributed by atoms with E-state index in [1.807, 2.05) is 60.7 Å². The Morgan fingerprint density at radius 1 is 1.11 bits per heavy atom. The predicted octanol–water partition coefficient (Wildman–Crippen LogP) is 4.04. The lowest BCUT2D eigenvalue weighted by Crippen LogP contribution is -2.38. The Balaban J connectivity index is 1.64. The number of oxazole rings is 1. The lowest BCUT2D eigenvalue weighted by Gasteiger charge is -2.15. The second-order valence-electron chi connectivity index (χ2n) is 6.37. The third-order valence-electron chi connectivity index (χ3n) is 4.44. The maximum Gasteiger partial charge on any atom is 0.324 e. The fraction of sp³-hybridized carbons (Fsp3) is 0.190. The van der Waals surface area contributed by atoms with Gasteiger partial charge in [0.2, 0.25) is 5.91 Å². The van der Waals surface area contributed by atoms with Crippen molar-refractivity contribution in [3.63, 3.8) is 0 Å². The number of rotatable bonds is 5. The Morgan fingerprint density at radius 2 is 1.75 bits per heavy atom. The number of urea groups is 1. The number of imide groups is 1. The smallest absolute Gasteiger partial charge is 0.324 e. The van der Waals surface area contributed by atoms with Crippen molar-refractivity contribution in [2.24, 2.45) is 0 Å². The number of carbonyl (C=O) groups is 2. The molecule has 0 bridgehead atoms. The first-order valence-corrected chi connectivity index (χ1v) is 9.89. The van der Waals surface area contributed by atoms with E-state index in [0.717, 1.165) is 16.8 Å². The quantitative estimate of drug-likeness (QED) is 0.662.